The molecule has 2 aromatic carbocycles. The average Bonchev–Trinajstić information content (AvgIpc) is 3.43. The number of aromatic nitrogens is 2. The molecule has 1 N–H and O–H groups in total. The quantitative estimate of drug-likeness (QED) is 0.475. The van der Waals surface area contributed by atoms with E-state index in [1.807, 2.05) is 55.1 Å². The van der Waals surface area contributed by atoms with Gasteiger partial charge < -0.3 is 14.6 Å². The lowest BCUT2D eigenvalue weighted by molar-refractivity contribution is 0.0452. The molecule has 2 heterocycles. The molecule has 1 aliphatic rings. The maximum absolute atomic E-state index is 10.5. The number of nitrogens with zero attached hydrogens (tertiary/aromatic N) is 3. The van der Waals surface area contributed by atoms with Gasteiger partial charge in [-0.05, 0) is 43.9 Å². The lowest BCUT2D eigenvalue weighted by Crippen LogP contribution is -2.37. The minimum absolute atomic E-state index is 0.201. The highest BCUT2D eigenvalue weighted by Crippen LogP contribution is 2.34. The number of rotatable bonds is 10. The van der Waals surface area contributed by atoms with Crippen LogP contribution >= 0.6 is 0 Å². The fourth-order valence-electron chi connectivity index (χ4n) is 4.37. The van der Waals surface area contributed by atoms with E-state index in [4.69, 9.17) is 14.6 Å². The van der Waals surface area contributed by atoms with E-state index >= 15 is 0 Å². The van der Waals surface area contributed by atoms with Crippen molar-refractivity contribution in [1.82, 2.24) is 14.7 Å². The molecule has 1 aromatic heterocycles. The first kappa shape index (κ1) is 23.5. The number of aliphatic hydroxyl groups is 1. The first-order valence-electron chi connectivity index (χ1n) is 11.9. The van der Waals surface area contributed by atoms with Gasteiger partial charge in [-0.25, -0.2) is 4.68 Å². The summed E-state index contributed by atoms with van der Waals surface area (Å²) in [5.74, 6) is 1.51. The molecule has 6 heteroatoms. The SMILES string of the molecule is CC[C@@H](O)CN(Cc1c(-c2ccccc2)nn(C)c1Oc1cccc(C)c1)C[C@@H]1CCCO1. The third-order valence-corrected chi connectivity index (χ3v) is 6.15. The fraction of sp³-hybridized carbons (Fsp3) is 0.444. The summed E-state index contributed by atoms with van der Waals surface area (Å²) in [5, 5.41) is 15.3. The summed E-state index contributed by atoms with van der Waals surface area (Å²) in [6.07, 6.45) is 2.69. The Bertz CT molecular complexity index is 1030. The maximum Gasteiger partial charge on any atom is 0.222 e. The van der Waals surface area contributed by atoms with Gasteiger partial charge in [0.15, 0.2) is 0 Å². The molecule has 0 bridgehead atoms. The Morgan fingerprint density at radius 1 is 1.21 bits per heavy atom. The summed E-state index contributed by atoms with van der Waals surface area (Å²) in [4.78, 5) is 2.29. The van der Waals surface area contributed by atoms with Crippen LogP contribution in [0, 0.1) is 6.92 Å². The largest absolute Gasteiger partial charge is 0.439 e. The summed E-state index contributed by atoms with van der Waals surface area (Å²) >= 11 is 0. The van der Waals surface area contributed by atoms with Crippen LogP contribution < -0.4 is 4.74 Å². The van der Waals surface area contributed by atoms with Crippen LogP contribution in [0.15, 0.2) is 54.6 Å². The van der Waals surface area contributed by atoms with Crippen LogP contribution in [-0.2, 0) is 18.3 Å². The van der Waals surface area contributed by atoms with Crippen LogP contribution in [0.2, 0.25) is 0 Å². The van der Waals surface area contributed by atoms with Gasteiger partial charge in [0.2, 0.25) is 5.88 Å². The molecule has 176 valence electrons. The highest BCUT2D eigenvalue weighted by molar-refractivity contribution is 5.65. The zero-order valence-corrected chi connectivity index (χ0v) is 19.9. The molecule has 0 spiro atoms. The molecular weight excluding hydrogens is 414 g/mol. The van der Waals surface area contributed by atoms with Crippen molar-refractivity contribution in [1.29, 1.82) is 0 Å². The maximum atomic E-state index is 10.5. The lowest BCUT2D eigenvalue weighted by Gasteiger charge is -2.27. The highest BCUT2D eigenvalue weighted by atomic mass is 16.5. The Morgan fingerprint density at radius 2 is 2.03 bits per heavy atom. The molecule has 0 amide bonds. The molecule has 0 radical (unpaired) electrons. The van der Waals surface area contributed by atoms with E-state index in [9.17, 15) is 5.11 Å². The second-order valence-electron chi connectivity index (χ2n) is 8.93. The number of hydrogen-bond donors (Lipinski definition) is 1. The van der Waals surface area contributed by atoms with Gasteiger partial charge in [-0.2, -0.15) is 5.10 Å². The molecule has 2 atom stereocenters. The van der Waals surface area contributed by atoms with E-state index in [0.717, 1.165) is 60.0 Å². The summed E-state index contributed by atoms with van der Waals surface area (Å²) in [6, 6.07) is 18.3. The number of hydrogen-bond acceptors (Lipinski definition) is 5. The molecule has 1 saturated heterocycles. The van der Waals surface area contributed by atoms with Crippen molar-refractivity contribution in [2.24, 2.45) is 7.05 Å². The van der Waals surface area contributed by atoms with Crippen molar-refractivity contribution in [2.75, 3.05) is 19.7 Å². The van der Waals surface area contributed by atoms with Gasteiger partial charge in [0, 0.05) is 38.9 Å². The lowest BCUT2D eigenvalue weighted by atomic mass is 10.1. The van der Waals surface area contributed by atoms with Gasteiger partial charge in [-0.3, -0.25) is 4.90 Å². The van der Waals surface area contributed by atoms with Gasteiger partial charge in [0.1, 0.15) is 11.4 Å². The molecule has 1 fully saturated rings. The zero-order valence-electron chi connectivity index (χ0n) is 19.9. The predicted octanol–water partition coefficient (Wildman–Crippen LogP) is 4.94. The van der Waals surface area contributed by atoms with Crippen LogP contribution in [0.4, 0.5) is 0 Å². The van der Waals surface area contributed by atoms with Gasteiger partial charge in [0.25, 0.3) is 0 Å². The van der Waals surface area contributed by atoms with E-state index in [1.165, 1.54) is 0 Å². The van der Waals surface area contributed by atoms with Crippen molar-refractivity contribution in [3.05, 3.63) is 65.7 Å². The Kier molecular flexibility index (Phi) is 7.81. The van der Waals surface area contributed by atoms with Crippen molar-refractivity contribution in [3.63, 3.8) is 0 Å². The molecule has 0 aliphatic carbocycles. The van der Waals surface area contributed by atoms with Gasteiger partial charge in [-0.1, -0.05) is 49.4 Å². The minimum atomic E-state index is -0.385. The molecule has 0 unspecified atom stereocenters. The van der Waals surface area contributed by atoms with E-state index in [0.29, 0.717) is 19.5 Å². The predicted molar refractivity (Wildman–Crippen MR) is 130 cm³/mol. The van der Waals surface area contributed by atoms with Crippen molar-refractivity contribution >= 4 is 0 Å². The highest BCUT2D eigenvalue weighted by Gasteiger charge is 2.26. The number of aliphatic hydroxyl groups excluding tert-OH is 1. The van der Waals surface area contributed by atoms with Crippen LogP contribution in [0.1, 0.15) is 37.3 Å². The van der Waals surface area contributed by atoms with Crippen molar-refractivity contribution in [2.45, 2.75) is 51.9 Å². The zero-order chi connectivity index (χ0) is 23.2. The molecular formula is C27H35N3O3. The van der Waals surface area contributed by atoms with E-state index < -0.39 is 0 Å². The number of ether oxygens (including phenoxy) is 2. The van der Waals surface area contributed by atoms with Gasteiger partial charge >= 0.3 is 0 Å². The van der Waals surface area contributed by atoms with E-state index in [-0.39, 0.29) is 12.2 Å². The monoisotopic (exact) mass is 449 g/mol. The first-order valence-corrected chi connectivity index (χ1v) is 11.9. The molecule has 1 aliphatic heterocycles. The Hall–Kier alpha value is -2.67. The van der Waals surface area contributed by atoms with Crippen LogP contribution in [0.3, 0.4) is 0 Å². The van der Waals surface area contributed by atoms with Gasteiger partial charge in [0.05, 0.1) is 17.8 Å². The standard InChI is InChI=1S/C27H35N3O3/c1-4-22(31)17-30(18-24-14-9-15-32-24)19-25-26(21-11-6-5-7-12-21)28-29(3)27(25)33-23-13-8-10-20(2)16-23/h5-8,10-13,16,22,24,31H,4,9,14-15,17-19H2,1-3H3/t22-,24+/m1/s1. The number of aryl methyl sites for hydroxylation is 2. The molecule has 3 aromatic rings. The van der Waals surface area contributed by atoms with Gasteiger partial charge in [-0.15, -0.1) is 0 Å². The Labute approximate surface area is 196 Å². The fourth-order valence-corrected chi connectivity index (χ4v) is 4.37. The number of benzene rings is 2. The molecule has 33 heavy (non-hydrogen) atoms. The molecule has 0 saturated carbocycles. The van der Waals surface area contributed by atoms with Crippen molar-refractivity contribution in [3.8, 4) is 22.9 Å². The summed E-state index contributed by atoms with van der Waals surface area (Å²) in [5.41, 5.74) is 4.12. The summed E-state index contributed by atoms with van der Waals surface area (Å²) < 4.78 is 14.1. The first-order chi connectivity index (χ1) is 16.0. The topological polar surface area (TPSA) is 59.8 Å². The Balaban J connectivity index is 1.70. The van der Waals surface area contributed by atoms with Crippen LogP contribution in [0.25, 0.3) is 11.3 Å². The summed E-state index contributed by atoms with van der Waals surface area (Å²) in [7, 11) is 1.92. The second kappa shape index (κ2) is 11.0. The average molecular weight is 450 g/mol. The second-order valence-corrected chi connectivity index (χ2v) is 8.93. The third kappa shape index (κ3) is 6.02. The van der Waals surface area contributed by atoms with E-state index in [2.05, 4.69) is 30.0 Å². The summed E-state index contributed by atoms with van der Waals surface area (Å²) in [6.45, 7) is 6.88. The van der Waals surface area contributed by atoms with E-state index in [1.54, 1.807) is 0 Å². The molecule has 6 nitrogen and oxygen atoms in total. The van der Waals surface area contributed by atoms with Crippen LogP contribution in [0.5, 0.6) is 11.6 Å². The minimum Gasteiger partial charge on any atom is -0.439 e. The third-order valence-electron chi connectivity index (χ3n) is 6.15. The normalized spacial score (nSPS) is 16.9. The molecule has 4 rings (SSSR count). The van der Waals surface area contributed by atoms with Crippen LogP contribution in [-0.4, -0.2) is 51.7 Å². The van der Waals surface area contributed by atoms with Crippen molar-refractivity contribution < 1.29 is 14.6 Å². The smallest absolute Gasteiger partial charge is 0.222 e. The Morgan fingerprint density at radius 3 is 2.73 bits per heavy atom.